The summed E-state index contributed by atoms with van der Waals surface area (Å²) in [5.41, 5.74) is 5.40. The van der Waals surface area contributed by atoms with Crippen LogP contribution in [0.2, 0.25) is 0 Å². The van der Waals surface area contributed by atoms with Gasteiger partial charge in [-0.3, -0.25) is 4.79 Å². The zero-order valence-electron chi connectivity index (χ0n) is 8.90. The Bertz CT molecular complexity index is 296. The molecule has 4 nitrogen and oxygen atoms in total. The summed E-state index contributed by atoms with van der Waals surface area (Å²) in [7, 11) is 1.48. The van der Waals surface area contributed by atoms with Crippen LogP contribution in [0.25, 0.3) is 0 Å². The van der Waals surface area contributed by atoms with Crippen molar-refractivity contribution >= 4 is 17.2 Å². The number of nitrogens with two attached hydrogens (primary N) is 1. The van der Waals surface area contributed by atoms with E-state index in [-0.39, 0.29) is 18.5 Å². The summed E-state index contributed by atoms with van der Waals surface area (Å²) in [6.45, 7) is 2.13. The Morgan fingerprint density at radius 2 is 2.47 bits per heavy atom. The second-order valence-electron chi connectivity index (χ2n) is 3.21. The van der Waals surface area contributed by atoms with Gasteiger partial charge in [0.25, 0.3) is 5.91 Å². The van der Waals surface area contributed by atoms with Gasteiger partial charge in [-0.05, 0) is 18.4 Å². The number of methoxy groups -OCH3 is 1. The van der Waals surface area contributed by atoms with Crippen LogP contribution in [0.1, 0.15) is 17.8 Å². The summed E-state index contributed by atoms with van der Waals surface area (Å²) in [6, 6.07) is 3.95. The van der Waals surface area contributed by atoms with E-state index in [4.69, 9.17) is 10.5 Å². The second kappa shape index (κ2) is 5.85. The minimum atomic E-state index is -0.563. The highest BCUT2D eigenvalue weighted by Gasteiger charge is 2.18. The molecule has 1 aromatic heterocycles. The van der Waals surface area contributed by atoms with Crippen molar-refractivity contribution in [2.45, 2.75) is 19.1 Å². The van der Waals surface area contributed by atoms with E-state index in [0.29, 0.717) is 0 Å². The van der Waals surface area contributed by atoms with E-state index in [9.17, 15) is 4.79 Å². The van der Waals surface area contributed by atoms with Crippen molar-refractivity contribution < 1.29 is 9.53 Å². The van der Waals surface area contributed by atoms with Gasteiger partial charge in [0.2, 0.25) is 0 Å². The van der Waals surface area contributed by atoms with Crippen molar-refractivity contribution in [2.75, 3.05) is 13.7 Å². The highest BCUT2D eigenvalue weighted by molar-refractivity contribution is 7.10. The van der Waals surface area contributed by atoms with Gasteiger partial charge in [-0.2, -0.15) is 0 Å². The minimum absolute atomic E-state index is 0.00157. The van der Waals surface area contributed by atoms with E-state index in [1.54, 1.807) is 11.3 Å². The Kier molecular flexibility index (Phi) is 4.74. The van der Waals surface area contributed by atoms with Crippen molar-refractivity contribution in [3.05, 3.63) is 22.4 Å². The fraction of sp³-hybridized carbons (Fsp3) is 0.500. The Labute approximate surface area is 93.4 Å². The first-order chi connectivity index (χ1) is 7.19. The maximum absolute atomic E-state index is 11.6. The third-order valence-corrected chi connectivity index (χ3v) is 3.17. The molecule has 0 radical (unpaired) electrons. The van der Waals surface area contributed by atoms with Crippen molar-refractivity contribution in [1.29, 1.82) is 0 Å². The number of hydrogen-bond donors (Lipinski definition) is 2. The molecule has 0 aliphatic heterocycles. The highest BCUT2D eigenvalue weighted by atomic mass is 32.1. The molecule has 0 fully saturated rings. The largest absolute Gasteiger partial charge is 0.370 e. The molecule has 1 unspecified atom stereocenters. The molecule has 15 heavy (non-hydrogen) atoms. The molecule has 3 N–H and O–H groups in total. The molecule has 0 spiro atoms. The molecular formula is C10H16N2O2S. The molecular weight excluding hydrogens is 212 g/mol. The Morgan fingerprint density at radius 1 is 1.73 bits per heavy atom. The molecule has 0 aliphatic rings. The molecule has 5 heteroatoms. The fourth-order valence-electron chi connectivity index (χ4n) is 1.23. The summed E-state index contributed by atoms with van der Waals surface area (Å²) < 4.78 is 4.95. The molecule has 1 amide bonds. The Hall–Kier alpha value is -0.910. The Balaban J connectivity index is 2.51. The van der Waals surface area contributed by atoms with E-state index >= 15 is 0 Å². The average molecular weight is 228 g/mol. The zero-order valence-corrected chi connectivity index (χ0v) is 9.71. The van der Waals surface area contributed by atoms with Crippen LogP contribution in [-0.2, 0) is 9.53 Å². The molecule has 1 heterocycles. The highest BCUT2D eigenvalue weighted by Crippen LogP contribution is 2.18. The monoisotopic (exact) mass is 228 g/mol. The SMILES string of the molecule is COC(CN)C(=O)N[C@@H](C)c1cccs1. The summed E-state index contributed by atoms with van der Waals surface area (Å²) >= 11 is 1.61. The maximum atomic E-state index is 11.6. The van der Waals surface area contributed by atoms with Crippen LogP contribution in [0.5, 0.6) is 0 Å². The van der Waals surface area contributed by atoms with E-state index in [1.807, 2.05) is 24.4 Å². The number of nitrogens with one attached hydrogen (secondary N) is 1. The number of ether oxygens (including phenoxy) is 1. The quantitative estimate of drug-likeness (QED) is 0.787. The molecule has 0 bridgehead atoms. The third kappa shape index (κ3) is 3.30. The van der Waals surface area contributed by atoms with Gasteiger partial charge in [0.1, 0.15) is 6.10 Å². The fourth-order valence-corrected chi connectivity index (χ4v) is 1.96. The van der Waals surface area contributed by atoms with E-state index in [1.165, 1.54) is 7.11 Å². The van der Waals surface area contributed by atoms with Crippen LogP contribution in [0.3, 0.4) is 0 Å². The first-order valence-electron chi connectivity index (χ1n) is 4.75. The summed E-state index contributed by atoms with van der Waals surface area (Å²) in [4.78, 5) is 12.7. The summed E-state index contributed by atoms with van der Waals surface area (Å²) in [5.74, 6) is -0.166. The number of amides is 1. The van der Waals surface area contributed by atoms with Crippen LogP contribution >= 0.6 is 11.3 Å². The van der Waals surface area contributed by atoms with Crippen molar-refractivity contribution in [3.63, 3.8) is 0 Å². The predicted molar refractivity (Wildman–Crippen MR) is 60.7 cm³/mol. The van der Waals surface area contributed by atoms with Gasteiger partial charge < -0.3 is 15.8 Å². The van der Waals surface area contributed by atoms with Crippen LogP contribution in [0.4, 0.5) is 0 Å². The van der Waals surface area contributed by atoms with Crippen molar-refractivity contribution in [3.8, 4) is 0 Å². The maximum Gasteiger partial charge on any atom is 0.250 e. The third-order valence-electron chi connectivity index (χ3n) is 2.12. The average Bonchev–Trinajstić information content (AvgIpc) is 2.72. The van der Waals surface area contributed by atoms with Gasteiger partial charge in [-0.15, -0.1) is 11.3 Å². The minimum Gasteiger partial charge on any atom is -0.370 e. The number of hydrogen-bond acceptors (Lipinski definition) is 4. The van der Waals surface area contributed by atoms with E-state index in [0.717, 1.165) is 4.88 Å². The molecule has 1 aromatic rings. The molecule has 0 saturated heterocycles. The van der Waals surface area contributed by atoms with Gasteiger partial charge in [0.05, 0.1) is 6.04 Å². The van der Waals surface area contributed by atoms with Gasteiger partial charge >= 0.3 is 0 Å². The number of thiophene rings is 1. The van der Waals surface area contributed by atoms with Gasteiger partial charge in [0, 0.05) is 18.5 Å². The molecule has 0 aromatic carbocycles. The van der Waals surface area contributed by atoms with Crippen LogP contribution in [0.15, 0.2) is 17.5 Å². The van der Waals surface area contributed by atoms with Crippen LogP contribution in [0, 0.1) is 0 Å². The van der Waals surface area contributed by atoms with E-state index < -0.39 is 6.10 Å². The lowest BCUT2D eigenvalue weighted by atomic mass is 10.2. The Morgan fingerprint density at radius 3 is 2.93 bits per heavy atom. The topological polar surface area (TPSA) is 64.3 Å². The molecule has 0 aliphatic carbocycles. The normalized spacial score (nSPS) is 14.6. The van der Waals surface area contributed by atoms with Crippen LogP contribution < -0.4 is 11.1 Å². The summed E-state index contributed by atoms with van der Waals surface area (Å²) in [5, 5.41) is 4.83. The number of carbonyl (C=O) groups excluding carboxylic acids is 1. The molecule has 2 atom stereocenters. The van der Waals surface area contributed by atoms with E-state index in [2.05, 4.69) is 5.32 Å². The van der Waals surface area contributed by atoms with Crippen LogP contribution in [-0.4, -0.2) is 25.7 Å². The predicted octanol–water partition coefficient (Wildman–Crippen LogP) is 0.899. The molecule has 84 valence electrons. The van der Waals surface area contributed by atoms with Crippen molar-refractivity contribution in [1.82, 2.24) is 5.32 Å². The van der Waals surface area contributed by atoms with Gasteiger partial charge in [0.15, 0.2) is 0 Å². The summed E-state index contributed by atoms with van der Waals surface area (Å²) in [6.07, 6.45) is -0.563. The lowest BCUT2D eigenvalue weighted by Crippen LogP contribution is -2.41. The second-order valence-corrected chi connectivity index (χ2v) is 4.19. The lowest BCUT2D eigenvalue weighted by Gasteiger charge is -2.17. The standard InChI is InChI=1S/C10H16N2O2S/c1-7(9-4-3-5-15-9)12-10(13)8(6-11)14-2/h3-5,7-8H,6,11H2,1-2H3,(H,12,13)/t7-,8?/m0/s1. The first-order valence-corrected chi connectivity index (χ1v) is 5.63. The lowest BCUT2D eigenvalue weighted by molar-refractivity contribution is -0.131. The van der Waals surface area contributed by atoms with Gasteiger partial charge in [-0.1, -0.05) is 6.07 Å². The first kappa shape index (κ1) is 12.2. The van der Waals surface area contributed by atoms with Gasteiger partial charge in [-0.25, -0.2) is 0 Å². The number of carbonyl (C=O) groups is 1. The smallest absolute Gasteiger partial charge is 0.250 e. The number of rotatable bonds is 5. The van der Waals surface area contributed by atoms with Crippen molar-refractivity contribution in [2.24, 2.45) is 5.73 Å². The molecule has 0 saturated carbocycles. The molecule has 1 rings (SSSR count). The zero-order chi connectivity index (χ0) is 11.3.